The Morgan fingerprint density at radius 3 is 2.74 bits per heavy atom. The first kappa shape index (κ1) is 12.8. The largest absolute Gasteiger partial charge is 0.480 e. The molecule has 0 spiro atoms. The smallest absolute Gasteiger partial charge is 0.323 e. The van der Waals surface area contributed by atoms with Crippen LogP contribution < -0.4 is 10.6 Å². The van der Waals surface area contributed by atoms with E-state index in [0.29, 0.717) is 6.54 Å². The summed E-state index contributed by atoms with van der Waals surface area (Å²) in [6.45, 7) is -0.112. The molecular formula is C13H13N3O3. The summed E-state index contributed by atoms with van der Waals surface area (Å²) >= 11 is 0. The number of rotatable bonds is 4. The lowest BCUT2D eigenvalue weighted by atomic mass is 10.1. The standard InChI is InChI=1S/C13H13N3O3/c17-11(18)8-16-13(19)15-7-10-4-1-3-9-5-2-6-14-12(9)10/h1-6H,7-8H2,(H,17,18)(H2,15,16,19). The molecule has 6 heteroatoms. The van der Waals surface area contributed by atoms with E-state index in [4.69, 9.17) is 5.11 Å². The SMILES string of the molecule is O=C(O)CNC(=O)NCc1cccc2cccnc12. The van der Waals surface area contributed by atoms with Crippen LogP contribution in [0.1, 0.15) is 5.56 Å². The maximum atomic E-state index is 11.4. The van der Waals surface area contributed by atoms with Crippen LogP contribution in [0.25, 0.3) is 10.9 Å². The van der Waals surface area contributed by atoms with Gasteiger partial charge in [-0.15, -0.1) is 0 Å². The number of carboxylic acids is 1. The van der Waals surface area contributed by atoms with Crippen molar-refractivity contribution in [2.75, 3.05) is 6.54 Å². The number of pyridine rings is 1. The Morgan fingerprint density at radius 2 is 1.95 bits per heavy atom. The van der Waals surface area contributed by atoms with Crippen molar-refractivity contribution in [3.63, 3.8) is 0 Å². The molecule has 6 nitrogen and oxygen atoms in total. The number of aromatic nitrogens is 1. The third kappa shape index (κ3) is 3.41. The van der Waals surface area contributed by atoms with E-state index >= 15 is 0 Å². The van der Waals surface area contributed by atoms with E-state index < -0.39 is 18.5 Å². The second-order valence-electron chi connectivity index (χ2n) is 3.92. The molecule has 0 fully saturated rings. The lowest BCUT2D eigenvalue weighted by Gasteiger charge is -2.08. The van der Waals surface area contributed by atoms with Gasteiger partial charge in [-0.25, -0.2) is 4.79 Å². The molecule has 2 amide bonds. The fourth-order valence-electron chi connectivity index (χ4n) is 1.70. The molecule has 0 bridgehead atoms. The summed E-state index contributed by atoms with van der Waals surface area (Å²) < 4.78 is 0. The maximum Gasteiger partial charge on any atom is 0.323 e. The number of carbonyl (C=O) groups excluding carboxylic acids is 1. The summed E-state index contributed by atoms with van der Waals surface area (Å²) in [6, 6.07) is 8.96. The molecular weight excluding hydrogens is 246 g/mol. The van der Waals surface area contributed by atoms with Gasteiger partial charge in [0.25, 0.3) is 0 Å². The summed E-state index contributed by atoms with van der Waals surface area (Å²) in [5.74, 6) is -1.08. The first-order chi connectivity index (χ1) is 9.16. The van der Waals surface area contributed by atoms with E-state index in [1.807, 2.05) is 30.3 Å². The van der Waals surface area contributed by atoms with Crippen molar-refractivity contribution < 1.29 is 14.7 Å². The number of para-hydroxylation sites is 1. The normalized spacial score (nSPS) is 10.1. The van der Waals surface area contributed by atoms with Crippen molar-refractivity contribution in [1.82, 2.24) is 15.6 Å². The van der Waals surface area contributed by atoms with Gasteiger partial charge in [0.15, 0.2) is 0 Å². The first-order valence-electron chi connectivity index (χ1n) is 5.73. The van der Waals surface area contributed by atoms with Crippen molar-refractivity contribution in [3.05, 3.63) is 42.1 Å². The molecule has 0 aliphatic rings. The Labute approximate surface area is 109 Å². The van der Waals surface area contributed by atoms with Gasteiger partial charge in [0.2, 0.25) is 0 Å². The van der Waals surface area contributed by atoms with Crippen molar-refractivity contribution in [2.45, 2.75) is 6.54 Å². The van der Waals surface area contributed by atoms with Gasteiger partial charge in [0, 0.05) is 18.1 Å². The highest BCUT2D eigenvalue weighted by molar-refractivity contribution is 5.83. The number of carbonyl (C=O) groups is 2. The van der Waals surface area contributed by atoms with E-state index in [1.165, 1.54) is 0 Å². The fourth-order valence-corrected chi connectivity index (χ4v) is 1.70. The van der Waals surface area contributed by atoms with Gasteiger partial charge in [-0.1, -0.05) is 24.3 Å². The Bertz CT molecular complexity index is 608. The zero-order valence-electron chi connectivity index (χ0n) is 10.1. The Hall–Kier alpha value is -2.63. The molecule has 1 aromatic heterocycles. The quantitative estimate of drug-likeness (QED) is 0.767. The van der Waals surface area contributed by atoms with Gasteiger partial charge in [-0.2, -0.15) is 0 Å². The van der Waals surface area contributed by atoms with Crippen LogP contribution in [0.15, 0.2) is 36.5 Å². The number of amides is 2. The number of hydrogen-bond donors (Lipinski definition) is 3. The van der Waals surface area contributed by atoms with Crippen molar-refractivity contribution in [3.8, 4) is 0 Å². The predicted octanol–water partition coefficient (Wildman–Crippen LogP) is 1.12. The van der Waals surface area contributed by atoms with Crippen LogP contribution in [0, 0.1) is 0 Å². The van der Waals surface area contributed by atoms with Gasteiger partial charge >= 0.3 is 12.0 Å². The molecule has 0 saturated heterocycles. The van der Waals surface area contributed by atoms with Crippen LogP contribution in [0.4, 0.5) is 4.79 Å². The molecule has 2 rings (SSSR count). The highest BCUT2D eigenvalue weighted by Crippen LogP contribution is 2.15. The van der Waals surface area contributed by atoms with E-state index in [1.54, 1.807) is 6.20 Å². The molecule has 1 heterocycles. The summed E-state index contributed by atoms with van der Waals surface area (Å²) in [7, 11) is 0. The molecule has 3 N–H and O–H groups in total. The number of urea groups is 1. The van der Waals surface area contributed by atoms with Gasteiger partial charge in [-0.3, -0.25) is 9.78 Å². The van der Waals surface area contributed by atoms with Gasteiger partial charge in [0.1, 0.15) is 6.54 Å². The van der Waals surface area contributed by atoms with Crippen LogP contribution >= 0.6 is 0 Å². The van der Waals surface area contributed by atoms with Crippen LogP contribution in [0.2, 0.25) is 0 Å². The van der Waals surface area contributed by atoms with E-state index in [0.717, 1.165) is 16.5 Å². The predicted molar refractivity (Wildman–Crippen MR) is 69.6 cm³/mol. The molecule has 0 saturated carbocycles. The number of hydrogen-bond acceptors (Lipinski definition) is 3. The molecule has 0 aliphatic carbocycles. The average Bonchev–Trinajstić information content (AvgIpc) is 2.42. The molecule has 0 aliphatic heterocycles. The van der Waals surface area contributed by atoms with Crippen LogP contribution in [0.5, 0.6) is 0 Å². The topological polar surface area (TPSA) is 91.3 Å². The molecule has 0 unspecified atom stereocenters. The van der Waals surface area contributed by atoms with E-state index in [2.05, 4.69) is 15.6 Å². The van der Waals surface area contributed by atoms with Crippen molar-refractivity contribution in [2.24, 2.45) is 0 Å². The second kappa shape index (κ2) is 5.81. The number of benzene rings is 1. The monoisotopic (exact) mass is 259 g/mol. The van der Waals surface area contributed by atoms with E-state index in [-0.39, 0.29) is 0 Å². The minimum atomic E-state index is -1.08. The fraction of sp³-hybridized carbons (Fsp3) is 0.154. The number of carboxylic acid groups (broad SMARTS) is 1. The molecule has 98 valence electrons. The lowest BCUT2D eigenvalue weighted by Crippen LogP contribution is -2.38. The third-order valence-corrected chi connectivity index (χ3v) is 2.56. The molecule has 1 aromatic carbocycles. The lowest BCUT2D eigenvalue weighted by molar-refractivity contribution is -0.135. The summed E-state index contributed by atoms with van der Waals surface area (Å²) in [4.78, 5) is 25.9. The average molecular weight is 259 g/mol. The summed E-state index contributed by atoms with van der Waals surface area (Å²) in [5, 5.41) is 14.3. The highest BCUT2D eigenvalue weighted by atomic mass is 16.4. The van der Waals surface area contributed by atoms with Crippen LogP contribution in [-0.4, -0.2) is 28.6 Å². The van der Waals surface area contributed by atoms with Gasteiger partial charge in [-0.05, 0) is 11.6 Å². The minimum absolute atomic E-state index is 0.291. The first-order valence-corrected chi connectivity index (χ1v) is 5.73. The van der Waals surface area contributed by atoms with Gasteiger partial charge < -0.3 is 15.7 Å². The number of fused-ring (bicyclic) bond motifs is 1. The maximum absolute atomic E-state index is 11.4. The molecule has 19 heavy (non-hydrogen) atoms. The van der Waals surface area contributed by atoms with Gasteiger partial charge in [0.05, 0.1) is 5.52 Å². The Kier molecular flexibility index (Phi) is 3.92. The Morgan fingerprint density at radius 1 is 1.16 bits per heavy atom. The van der Waals surface area contributed by atoms with Crippen LogP contribution in [-0.2, 0) is 11.3 Å². The molecule has 0 radical (unpaired) electrons. The third-order valence-electron chi connectivity index (χ3n) is 2.56. The van der Waals surface area contributed by atoms with E-state index in [9.17, 15) is 9.59 Å². The Balaban J connectivity index is 2.02. The summed E-state index contributed by atoms with van der Waals surface area (Å²) in [5.41, 5.74) is 1.70. The zero-order chi connectivity index (χ0) is 13.7. The zero-order valence-corrected chi connectivity index (χ0v) is 10.1. The molecule has 2 aromatic rings. The number of nitrogens with one attached hydrogen (secondary N) is 2. The van der Waals surface area contributed by atoms with Crippen molar-refractivity contribution >= 4 is 22.9 Å². The highest BCUT2D eigenvalue weighted by Gasteiger charge is 2.05. The minimum Gasteiger partial charge on any atom is -0.480 e. The number of nitrogens with zero attached hydrogens (tertiary/aromatic N) is 1. The summed E-state index contributed by atoms with van der Waals surface area (Å²) in [6.07, 6.45) is 1.69. The van der Waals surface area contributed by atoms with Crippen molar-refractivity contribution in [1.29, 1.82) is 0 Å². The van der Waals surface area contributed by atoms with Crippen LogP contribution in [0.3, 0.4) is 0 Å². The number of aliphatic carboxylic acids is 1. The second-order valence-corrected chi connectivity index (χ2v) is 3.92. The molecule has 0 atom stereocenters.